The number of alkyl halides is 3. The van der Waals surface area contributed by atoms with Crippen molar-refractivity contribution in [2.24, 2.45) is 0 Å². The lowest BCUT2D eigenvalue weighted by atomic mass is 10.0. The second kappa shape index (κ2) is 8.97. The third-order valence-corrected chi connectivity index (χ3v) is 6.38. The van der Waals surface area contributed by atoms with E-state index in [0.29, 0.717) is 6.42 Å². The number of hydrogen-bond acceptors (Lipinski definition) is 6. The molecule has 0 aromatic heterocycles. The molecule has 2 unspecified atom stereocenters. The average molecular weight is 480 g/mol. The topological polar surface area (TPSA) is 84.9 Å². The Morgan fingerprint density at radius 2 is 1.79 bits per heavy atom. The summed E-state index contributed by atoms with van der Waals surface area (Å²) in [6.07, 6.45) is -4.53. The van der Waals surface area contributed by atoms with E-state index in [0.717, 1.165) is 23.4 Å². The highest BCUT2D eigenvalue weighted by molar-refractivity contribution is 8.15. The molecule has 174 valence electrons. The number of carbonyl (C=O) groups is 3. The smallest absolute Gasteiger partial charge is 0.419 e. The van der Waals surface area contributed by atoms with E-state index in [4.69, 9.17) is 9.47 Å². The van der Waals surface area contributed by atoms with Gasteiger partial charge < -0.3 is 14.4 Å². The van der Waals surface area contributed by atoms with Crippen molar-refractivity contribution in [2.45, 2.75) is 30.3 Å². The van der Waals surface area contributed by atoms with Gasteiger partial charge in [0.1, 0.15) is 18.1 Å². The second-order valence-corrected chi connectivity index (χ2v) is 8.88. The number of amides is 3. The molecule has 3 amide bonds. The van der Waals surface area contributed by atoms with E-state index in [-0.39, 0.29) is 42.2 Å². The zero-order valence-electron chi connectivity index (χ0n) is 17.3. The molecule has 2 aromatic carbocycles. The van der Waals surface area contributed by atoms with Gasteiger partial charge in [-0.25, -0.2) is 4.79 Å². The molecule has 4 rings (SSSR count). The van der Waals surface area contributed by atoms with Crippen LogP contribution in [0.4, 0.5) is 22.8 Å². The minimum Gasteiger partial charge on any atom is -0.457 e. The zero-order valence-corrected chi connectivity index (χ0v) is 18.2. The van der Waals surface area contributed by atoms with E-state index in [1.165, 1.54) is 17.0 Å². The predicted molar refractivity (Wildman–Crippen MR) is 113 cm³/mol. The number of thioether (sulfide) groups is 1. The normalized spacial score (nSPS) is 20.7. The summed E-state index contributed by atoms with van der Waals surface area (Å²) in [5.74, 6) is -0.660. The molecule has 11 heteroatoms. The molecule has 2 saturated heterocycles. The van der Waals surface area contributed by atoms with Crippen LogP contribution in [-0.2, 0) is 28.5 Å². The molecule has 33 heavy (non-hydrogen) atoms. The molecule has 2 fully saturated rings. The second-order valence-electron chi connectivity index (χ2n) is 7.71. The number of ether oxygens (including phenoxy) is 2. The third-order valence-electron chi connectivity index (χ3n) is 5.39. The maximum absolute atomic E-state index is 13.7. The first-order valence-corrected chi connectivity index (χ1v) is 10.9. The van der Waals surface area contributed by atoms with Gasteiger partial charge in [0.05, 0.1) is 16.9 Å². The number of imide groups is 1. The van der Waals surface area contributed by atoms with E-state index in [1.807, 2.05) is 0 Å². The number of carbonyl (C=O) groups excluding carboxylic acids is 3. The first-order chi connectivity index (χ1) is 15.6. The van der Waals surface area contributed by atoms with Crippen LogP contribution >= 0.6 is 11.8 Å². The van der Waals surface area contributed by atoms with Crippen molar-refractivity contribution in [1.82, 2.24) is 10.2 Å². The summed E-state index contributed by atoms with van der Waals surface area (Å²) in [5.41, 5.74) is 0.178. The number of nitrogens with zero attached hydrogens (tertiary/aromatic N) is 1. The van der Waals surface area contributed by atoms with Gasteiger partial charge in [0.25, 0.3) is 5.24 Å². The van der Waals surface area contributed by atoms with Gasteiger partial charge in [0.2, 0.25) is 5.91 Å². The molecule has 0 radical (unpaired) electrons. The lowest BCUT2D eigenvalue weighted by molar-refractivity contribution is -0.138. The Bertz CT molecular complexity index is 1090. The highest BCUT2D eigenvalue weighted by Gasteiger charge is 2.36. The SMILES string of the molecule is CN1C(=O)OCC1Cc1ccc(Oc2ccc(CC3SC(=O)NC3=O)cc2C(F)(F)F)cc1. The summed E-state index contributed by atoms with van der Waals surface area (Å²) >= 11 is 0.760. The quantitative estimate of drug-likeness (QED) is 0.661. The fourth-order valence-electron chi connectivity index (χ4n) is 3.58. The molecule has 1 N–H and O–H groups in total. The Morgan fingerprint density at radius 1 is 1.09 bits per heavy atom. The van der Waals surface area contributed by atoms with Gasteiger partial charge in [-0.1, -0.05) is 30.0 Å². The fraction of sp³-hybridized carbons (Fsp3) is 0.318. The van der Waals surface area contributed by atoms with Crippen LogP contribution in [-0.4, -0.2) is 47.1 Å². The van der Waals surface area contributed by atoms with Crippen molar-refractivity contribution in [1.29, 1.82) is 0 Å². The summed E-state index contributed by atoms with van der Waals surface area (Å²) in [6, 6.07) is 10.1. The van der Waals surface area contributed by atoms with Gasteiger partial charge in [-0.15, -0.1) is 0 Å². The number of hydrogen-bond donors (Lipinski definition) is 1. The maximum atomic E-state index is 13.7. The van der Waals surface area contributed by atoms with E-state index >= 15 is 0 Å². The van der Waals surface area contributed by atoms with Crippen molar-refractivity contribution in [3.8, 4) is 11.5 Å². The van der Waals surface area contributed by atoms with Crippen LogP contribution in [0.15, 0.2) is 42.5 Å². The third kappa shape index (κ3) is 5.24. The standard InChI is InChI=1S/C22H19F3N2O5S/c1-27-14(11-31-21(27)30)8-12-2-5-15(6-3-12)32-17-7-4-13(9-16(17)22(23,24)25)10-18-19(28)26-20(29)33-18/h2-7,9,14,18H,8,10-11H2,1H3,(H,26,28,29). The van der Waals surface area contributed by atoms with Gasteiger partial charge in [-0.2, -0.15) is 13.2 Å². The first kappa shape index (κ1) is 23.0. The molecule has 2 atom stereocenters. The molecule has 0 bridgehead atoms. The molecule has 7 nitrogen and oxygen atoms in total. The number of likely N-dealkylation sites (N-methyl/N-ethyl adjacent to an activating group) is 1. The van der Waals surface area contributed by atoms with Crippen LogP contribution in [0.5, 0.6) is 11.5 Å². The monoisotopic (exact) mass is 480 g/mol. The van der Waals surface area contributed by atoms with Gasteiger partial charge in [0, 0.05) is 7.05 Å². The van der Waals surface area contributed by atoms with Gasteiger partial charge >= 0.3 is 12.3 Å². The molecular formula is C22H19F3N2O5S. The van der Waals surface area contributed by atoms with Gasteiger partial charge in [-0.05, 0) is 48.2 Å². The minimum atomic E-state index is -4.67. The molecule has 2 heterocycles. The first-order valence-electron chi connectivity index (χ1n) is 9.98. The zero-order chi connectivity index (χ0) is 23.8. The highest BCUT2D eigenvalue weighted by Crippen LogP contribution is 2.39. The van der Waals surface area contributed by atoms with Crippen molar-refractivity contribution >= 4 is 29.0 Å². The van der Waals surface area contributed by atoms with Crippen LogP contribution in [0.3, 0.4) is 0 Å². The fourth-order valence-corrected chi connectivity index (χ4v) is 4.43. The van der Waals surface area contributed by atoms with Crippen molar-refractivity contribution in [3.63, 3.8) is 0 Å². The Balaban J connectivity index is 1.48. The molecule has 2 aliphatic rings. The summed E-state index contributed by atoms with van der Waals surface area (Å²) in [5, 5.41) is 0.842. The maximum Gasteiger partial charge on any atom is 0.419 e. The Labute approximate surface area is 191 Å². The van der Waals surface area contributed by atoms with Crippen LogP contribution in [0, 0.1) is 0 Å². The Kier molecular flexibility index (Phi) is 6.24. The molecule has 0 spiro atoms. The van der Waals surface area contributed by atoms with Crippen LogP contribution in [0.1, 0.15) is 16.7 Å². The van der Waals surface area contributed by atoms with E-state index in [2.05, 4.69) is 5.32 Å². The number of benzene rings is 2. The molecule has 0 aliphatic carbocycles. The number of rotatable bonds is 6. The van der Waals surface area contributed by atoms with Gasteiger partial charge in [0.15, 0.2) is 0 Å². The Morgan fingerprint density at radius 3 is 2.36 bits per heavy atom. The number of nitrogens with one attached hydrogen (secondary N) is 1. The van der Waals surface area contributed by atoms with Crippen LogP contribution in [0.2, 0.25) is 0 Å². The van der Waals surface area contributed by atoms with E-state index in [9.17, 15) is 27.6 Å². The highest BCUT2D eigenvalue weighted by atomic mass is 32.2. The summed E-state index contributed by atoms with van der Waals surface area (Å²) in [4.78, 5) is 36.0. The number of halogens is 3. The van der Waals surface area contributed by atoms with E-state index < -0.39 is 28.1 Å². The molecule has 0 saturated carbocycles. The largest absolute Gasteiger partial charge is 0.457 e. The lowest BCUT2D eigenvalue weighted by Gasteiger charge is -2.17. The lowest BCUT2D eigenvalue weighted by Crippen LogP contribution is -2.30. The molecule has 2 aliphatic heterocycles. The Hall–Kier alpha value is -3.21. The summed E-state index contributed by atoms with van der Waals surface area (Å²) < 4.78 is 51.5. The van der Waals surface area contributed by atoms with Crippen molar-refractivity contribution in [2.75, 3.05) is 13.7 Å². The predicted octanol–water partition coefficient (Wildman–Crippen LogP) is 4.38. The van der Waals surface area contributed by atoms with Gasteiger partial charge in [-0.3, -0.25) is 14.9 Å². The van der Waals surface area contributed by atoms with E-state index in [1.54, 1.807) is 31.3 Å². The minimum absolute atomic E-state index is 0.0118. The van der Waals surface area contributed by atoms with Crippen molar-refractivity contribution < 1.29 is 37.0 Å². The summed E-state index contributed by atoms with van der Waals surface area (Å²) in [6.45, 7) is 0.282. The average Bonchev–Trinajstić information content (AvgIpc) is 3.24. The van der Waals surface area contributed by atoms with Crippen molar-refractivity contribution in [3.05, 3.63) is 59.2 Å². The van der Waals surface area contributed by atoms with Crippen LogP contribution < -0.4 is 10.1 Å². The molecular weight excluding hydrogens is 461 g/mol. The molecule has 2 aromatic rings. The summed E-state index contributed by atoms with van der Waals surface area (Å²) in [7, 11) is 1.65. The van der Waals surface area contributed by atoms with Crippen LogP contribution in [0.25, 0.3) is 0 Å². The number of cyclic esters (lactones) is 1.